The molecule has 0 radical (unpaired) electrons. The molecule has 2 rings (SSSR count). The molecule has 1 aromatic rings. The van der Waals surface area contributed by atoms with Crippen LogP contribution in [0.3, 0.4) is 0 Å². The molecule has 4 N–H and O–H groups in total. The molecule has 0 aromatic heterocycles. The number of alkyl halides is 3. The van der Waals surface area contributed by atoms with Gasteiger partial charge in [-0.25, -0.2) is 4.79 Å². The third-order valence-corrected chi connectivity index (χ3v) is 8.52. The van der Waals surface area contributed by atoms with E-state index in [4.69, 9.17) is 0 Å². The minimum Gasteiger partial charge on any atom is -0.434 e. The van der Waals surface area contributed by atoms with Crippen LogP contribution in [0.1, 0.15) is 85.8 Å². The summed E-state index contributed by atoms with van der Waals surface area (Å²) in [4.78, 5) is 91.7. The van der Waals surface area contributed by atoms with Gasteiger partial charge in [0.2, 0.25) is 29.1 Å². The van der Waals surface area contributed by atoms with E-state index in [9.17, 15) is 46.7 Å². The lowest BCUT2D eigenvalue weighted by atomic mass is 9.95. The van der Waals surface area contributed by atoms with E-state index in [-0.39, 0.29) is 31.1 Å². The third kappa shape index (κ3) is 11.5. The number of Topliss-reactive ketones (excluding diaryl/α,β-unsaturated/α-hetero) is 2. The third-order valence-electron chi connectivity index (χ3n) is 8.52. The molecule has 1 aliphatic rings. The Labute approximate surface area is 289 Å². The van der Waals surface area contributed by atoms with Crippen LogP contribution in [0.5, 0.6) is 0 Å². The molecular weight excluding hydrogens is 663 g/mol. The molecule has 16 heteroatoms. The van der Waals surface area contributed by atoms with Crippen LogP contribution in [0.4, 0.5) is 18.0 Å². The van der Waals surface area contributed by atoms with E-state index in [1.807, 2.05) is 13.8 Å². The fourth-order valence-electron chi connectivity index (χ4n) is 5.19. The number of benzene rings is 1. The van der Waals surface area contributed by atoms with Crippen LogP contribution < -0.4 is 21.3 Å². The molecule has 5 atom stereocenters. The van der Waals surface area contributed by atoms with E-state index in [0.717, 1.165) is 0 Å². The highest BCUT2D eigenvalue weighted by atomic mass is 19.4. The maximum Gasteiger partial charge on any atom is 0.427 e. The average Bonchev–Trinajstić information content (AvgIpc) is 3.53. The molecule has 1 heterocycles. The van der Waals surface area contributed by atoms with Crippen molar-refractivity contribution in [3.05, 3.63) is 35.9 Å². The zero-order chi connectivity index (χ0) is 38.0. The number of nitrogens with one attached hydrogen (secondary N) is 4. The van der Waals surface area contributed by atoms with Gasteiger partial charge in [-0.05, 0) is 57.4 Å². The van der Waals surface area contributed by atoms with Gasteiger partial charge in [-0.1, -0.05) is 64.4 Å². The maximum absolute atomic E-state index is 13.6. The van der Waals surface area contributed by atoms with Gasteiger partial charge in [0.05, 0.1) is 12.6 Å². The lowest BCUT2D eigenvalue weighted by Crippen LogP contribution is -2.58. The second-order valence-electron chi connectivity index (χ2n) is 13.3. The topological polar surface area (TPSA) is 180 Å². The van der Waals surface area contributed by atoms with Crippen molar-refractivity contribution in [2.45, 2.75) is 110 Å². The van der Waals surface area contributed by atoms with Crippen LogP contribution in [0.2, 0.25) is 0 Å². The second-order valence-corrected chi connectivity index (χ2v) is 13.3. The Morgan fingerprint density at radius 1 is 0.960 bits per heavy atom. The molecule has 13 nitrogen and oxygen atoms in total. The summed E-state index contributed by atoms with van der Waals surface area (Å²) in [5.41, 5.74) is -2.29. The van der Waals surface area contributed by atoms with E-state index in [1.165, 1.54) is 11.8 Å². The molecule has 0 spiro atoms. The Kier molecular flexibility index (Phi) is 15.0. The van der Waals surface area contributed by atoms with Crippen LogP contribution in [0.25, 0.3) is 0 Å². The summed E-state index contributed by atoms with van der Waals surface area (Å²) >= 11 is 0. The Morgan fingerprint density at radius 3 is 2.12 bits per heavy atom. The summed E-state index contributed by atoms with van der Waals surface area (Å²) in [6, 6.07) is 3.74. The number of halogens is 3. The van der Waals surface area contributed by atoms with Crippen molar-refractivity contribution >= 4 is 41.3 Å². The summed E-state index contributed by atoms with van der Waals surface area (Å²) < 4.78 is 44.3. The van der Waals surface area contributed by atoms with E-state index < -0.39 is 83.9 Å². The number of rotatable bonds is 16. The molecule has 0 saturated carbocycles. The van der Waals surface area contributed by atoms with Crippen molar-refractivity contribution in [1.29, 1.82) is 0 Å². The fourth-order valence-corrected chi connectivity index (χ4v) is 5.19. The predicted octanol–water partition coefficient (Wildman–Crippen LogP) is 3.12. The number of carbonyl (C=O) groups is 7. The number of amides is 5. The van der Waals surface area contributed by atoms with Crippen molar-refractivity contribution in [1.82, 2.24) is 26.2 Å². The number of carbonyl (C=O) groups excluding carboxylic acids is 7. The second kappa shape index (κ2) is 17.9. The van der Waals surface area contributed by atoms with E-state index in [1.54, 1.807) is 44.2 Å². The van der Waals surface area contributed by atoms with Crippen LogP contribution in [-0.2, 0) is 33.5 Å². The van der Waals surface area contributed by atoms with Gasteiger partial charge in [-0.2, -0.15) is 13.2 Å². The molecule has 1 aromatic carbocycles. The van der Waals surface area contributed by atoms with Crippen molar-refractivity contribution in [2.24, 2.45) is 11.8 Å². The van der Waals surface area contributed by atoms with Crippen molar-refractivity contribution in [3.8, 4) is 0 Å². The van der Waals surface area contributed by atoms with Gasteiger partial charge in [0, 0.05) is 6.54 Å². The highest BCUT2D eigenvalue weighted by Crippen LogP contribution is 2.33. The van der Waals surface area contributed by atoms with Crippen LogP contribution in [0.15, 0.2) is 30.3 Å². The number of hydrogen-bond donors (Lipinski definition) is 4. The number of hydrogen-bond acceptors (Lipinski definition) is 8. The zero-order valence-corrected chi connectivity index (χ0v) is 29.4. The van der Waals surface area contributed by atoms with Gasteiger partial charge in [-0.3, -0.25) is 28.8 Å². The summed E-state index contributed by atoms with van der Waals surface area (Å²) in [5.74, 6) is -5.43. The summed E-state index contributed by atoms with van der Waals surface area (Å²) in [6.07, 6.45) is -5.10. The van der Waals surface area contributed by atoms with Gasteiger partial charge in [0.25, 0.3) is 5.91 Å². The highest BCUT2D eigenvalue weighted by Gasteiger charge is 2.51. The minimum absolute atomic E-state index is 0.0682. The molecule has 278 valence electrons. The molecule has 1 aliphatic heterocycles. The van der Waals surface area contributed by atoms with Crippen LogP contribution in [-0.4, -0.2) is 89.2 Å². The number of ether oxygens (including phenoxy) is 1. The van der Waals surface area contributed by atoms with Gasteiger partial charge in [-0.15, -0.1) is 0 Å². The molecule has 5 amide bonds. The zero-order valence-electron chi connectivity index (χ0n) is 29.4. The van der Waals surface area contributed by atoms with E-state index in [0.29, 0.717) is 32.3 Å². The highest BCUT2D eigenvalue weighted by molar-refractivity contribution is 6.38. The lowest BCUT2D eigenvalue weighted by Gasteiger charge is -2.32. The first-order valence-electron chi connectivity index (χ1n) is 16.5. The maximum atomic E-state index is 13.6. The van der Waals surface area contributed by atoms with Gasteiger partial charge in [0.1, 0.15) is 18.1 Å². The first-order valence-corrected chi connectivity index (χ1v) is 16.5. The number of nitrogens with zero attached hydrogens (tertiary/aromatic N) is 1. The normalized spacial score (nSPS) is 17.2. The summed E-state index contributed by atoms with van der Waals surface area (Å²) in [5, 5.41) is 9.54. The molecule has 1 fully saturated rings. The van der Waals surface area contributed by atoms with Gasteiger partial charge >= 0.3 is 12.3 Å². The number of likely N-dealkylation sites (tertiary alicyclic amines) is 1. The summed E-state index contributed by atoms with van der Waals surface area (Å²) in [7, 11) is 0. The minimum atomic E-state index is -4.87. The first kappa shape index (κ1) is 41.7. The average molecular weight is 712 g/mol. The van der Waals surface area contributed by atoms with Crippen LogP contribution >= 0.6 is 0 Å². The largest absolute Gasteiger partial charge is 0.434 e. The van der Waals surface area contributed by atoms with E-state index >= 15 is 0 Å². The standard InChI is InChI=1S/C34H48F3N5O8/c1-8-20(4)17-23(28(45)30(47)38-18-25(44)40-27(21(5)43)22-13-10-9-11-14-22)39-29(46)24-15-12-16-42(24)31(48)26(19(2)3)41-32(49)50-33(6,7)34(35,36)37/h9-11,13-14,19-20,23-24,26-27H,8,12,15-18H2,1-7H3,(H,38,47)(H,39,46)(H,40,44)(H,41,49). The number of ketones is 2. The molecular formula is C34H48F3N5O8. The van der Waals surface area contributed by atoms with Crippen molar-refractivity contribution in [2.75, 3.05) is 13.1 Å². The van der Waals surface area contributed by atoms with Crippen molar-refractivity contribution in [3.63, 3.8) is 0 Å². The Hall–Kier alpha value is -4.50. The fraction of sp³-hybridized carbons (Fsp3) is 0.618. The molecule has 0 aliphatic carbocycles. The quantitative estimate of drug-likeness (QED) is 0.189. The molecule has 5 unspecified atom stereocenters. The molecule has 0 bridgehead atoms. The first-order chi connectivity index (χ1) is 23.2. The van der Waals surface area contributed by atoms with Gasteiger partial charge < -0.3 is 30.9 Å². The molecule has 50 heavy (non-hydrogen) atoms. The summed E-state index contributed by atoms with van der Waals surface area (Å²) in [6.45, 7) is 8.89. The van der Waals surface area contributed by atoms with Gasteiger partial charge in [0.15, 0.2) is 5.78 Å². The monoisotopic (exact) mass is 711 g/mol. The predicted molar refractivity (Wildman–Crippen MR) is 175 cm³/mol. The molecule has 1 saturated heterocycles. The van der Waals surface area contributed by atoms with Crippen molar-refractivity contribution < 1.29 is 51.5 Å². The Balaban J connectivity index is 2.13. The SMILES string of the molecule is CCC(C)CC(NC(=O)C1CCCN1C(=O)C(NC(=O)OC(C)(C)C(F)(F)F)C(C)C)C(=O)C(=O)NCC(=O)NC(C(C)=O)c1ccccc1. The number of alkyl carbamates (subject to hydrolysis) is 1. The Bertz CT molecular complexity index is 1400. The Morgan fingerprint density at radius 2 is 1.58 bits per heavy atom. The van der Waals surface area contributed by atoms with Crippen LogP contribution in [0, 0.1) is 11.8 Å². The van der Waals surface area contributed by atoms with E-state index in [2.05, 4.69) is 26.0 Å². The smallest absolute Gasteiger partial charge is 0.427 e. The lowest BCUT2D eigenvalue weighted by molar-refractivity contribution is -0.244.